The molecule has 0 fully saturated rings. The van der Waals surface area contributed by atoms with E-state index in [0.29, 0.717) is 24.3 Å². The Kier molecular flexibility index (Phi) is 8.42. The molecule has 23 heavy (non-hydrogen) atoms. The van der Waals surface area contributed by atoms with Gasteiger partial charge in [-0.1, -0.05) is 12.8 Å². The van der Waals surface area contributed by atoms with Gasteiger partial charge in [0.2, 0.25) is 11.8 Å². The summed E-state index contributed by atoms with van der Waals surface area (Å²) in [5.74, 6) is 0.0885. The Morgan fingerprint density at radius 2 is 1.57 bits per heavy atom. The Labute approximate surface area is 136 Å². The fraction of sp³-hybridized carbons (Fsp3) is 0.471. The van der Waals surface area contributed by atoms with Gasteiger partial charge in [-0.2, -0.15) is 0 Å². The van der Waals surface area contributed by atoms with Gasteiger partial charge < -0.3 is 15.4 Å². The predicted molar refractivity (Wildman–Crippen MR) is 88.1 cm³/mol. The zero-order chi connectivity index (χ0) is 17.1. The molecule has 0 atom stereocenters. The van der Waals surface area contributed by atoms with E-state index in [9.17, 15) is 14.4 Å². The molecule has 0 heterocycles. The Morgan fingerprint density at radius 1 is 0.957 bits per heavy atom. The number of rotatable bonds is 9. The van der Waals surface area contributed by atoms with Crippen LogP contribution >= 0.6 is 0 Å². The van der Waals surface area contributed by atoms with E-state index in [2.05, 4.69) is 10.6 Å². The molecule has 1 rings (SSSR count). The lowest BCUT2D eigenvalue weighted by molar-refractivity contribution is -0.134. The highest BCUT2D eigenvalue weighted by atomic mass is 16.5. The average molecular weight is 320 g/mol. The molecule has 0 aliphatic rings. The lowest BCUT2D eigenvalue weighted by Gasteiger charge is -2.06. The summed E-state index contributed by atoms with van der Waals surface area (Å²) < 4.78 is 5.22. The fourth-order valence-corrected chi connectivity index (χ4v) is 2.03. The third kappa shape index (κ3) is 8.60. The minimum Gasteiger partial charge on any atom is -0.427 e. The van der Waals surface area contributed by atoms with Crippen LogP contribution in [0.3, 0.4) is 0 Å². The number of unbranched alkanes of at least 4 members (excludes halogenated alkanes) is 3. The fourth-order valence-electron chi connectivity index (χ4n) is 2.03. The standard InChI is InChI=1S/C17H24N2O4/c1-13(20)19-14-9-11-15(12-10-14)23-17(22)8-6-4-3-5-7-16(21)18-2/h9-12H,3-8H2,1-2H3,(H,18,21)(H,19,20). The first-order valence-corrected chi connectivity index (χ1v) is 7.80. The summed E-state index contributed by atoms with van der Waals surface area (Å²) in [5, 5.41) is 5.22. The molecule has 0 saturated heterocycles. The molecule has 2 N–H and O–H groups in total. The first-order chi connectivity index (χ1) is 11.0. The molecule has 1 aromatic carbocycles. The van der Waals surface area contributed by atoms with Crippen LogP contribution in [0.5, 0.6) is 5.75 Å². The Bertz CT molecular complexity index is 526. The van der Waals surface area contributed by atoms with Crippen molar-refractivity contribution in [1.29, 1.82) is 0 Å². The molecule has 1 aromatic rings. The van der Waals surface area contributed by atoms with Gasteiger partial charge in [-0.25, -0.2) is 0 Å². The summed E-state index contributed by atoms with van der Waals surface area (Å²) in [6.45, 7) is 1.43. The van der Waals surface area contributed by atoms with E-state index < -0.39 is 0 Å². The molecule has 0 aliphatic heterocycles. The van der Waals surface area contributed by atoms with E-state index in [1.165, 1.54) is 6.92 Å². The predicted octanol–water partition coefficient (Wildman–Crippen LogP) is 2.64. The number of anilines is 1. The van der Waals surface area contributed by atoms with Gasteiger partial charge in [0.15, 0.2) is 0 Å². The molecule has 0 radical (unpaired) electrons. The van der Waals surface area contributed by atoms with Crippen molar-refractivity contribution in [3.05, 3.63) is 24.3 Å². The summed E-state index contributed by atoms with van der Waals surface area (Å²) in [5.41, 5.74) is 0.661. The van der Waals surface area contributed by atoms with Crippen LogP contribution in [0.2, 0.25) is 0 Å². The van der Waals surface area contributed by atoms with Crippen LogP contribution in [0.4, 0.5) is 5.69 Å². The van der Waals surface area contributed by atoms with Gasteiger partial charge >= 0.3 is 5.97 Å². The number of carbonyl (C=O) groups is 3. The lowest BCUT2D eigenvalue weighted by atomic mass is 10.1. The highest BCUT2D eigenvalue weighted by Crippen LogP contribution is 2.16. The number of carbonyl (C=O) groups excluding carboxylic acids is 3. The van der Waals surface area contributed by atoms with E-state index in [4.69, 9.17) is 4.74 Å². The van der Waals surface area contributed by atoms with Crippen LogP contribution in [-0.4, -0.2) is 24.8 Å². The molecule has 126 valence electrons. The molecule has 0 aliphatic carbocycles. The second-order valence-corrected chi connectivity index (χ2v) is 5.27. The smallest absolute Gasteiger partial charge is 0.311 e. The number of esters is 1. The van der Waals surface area contributed by atoms with Crippen LogP contribution < -0.4 is 15.4 Å². The monoisotopic (exact) mass is 320 g/mol. The highest BCUT2D eigenvalue weighted by Gasteiger charge is 2.05. The third-order valence-electron chi connectivity index (χ3n) is 3.22. The quantitative estimate of drug-likeness (QED) is 0.416. The second kappa shape index (κ2) is 10.4. The summed E-state index contributed by atoms with van der Waals surface area (Å²) >= 11 is 0. The van der Waals surface area contributed by atoms with Crippen LogP contribution in [-0.2, 0) is 14.4 Å². The SMILES string of the molecule is CNC(=O)CCCCCCC(=O)Oc1ccc(NC(C)=O)cc1. The maximum Gasteiger partial charge on any atom is 0.311 e. The lowest BCUT2D eigenvalue weighted by Crippen LogP contribution is -2.16. The molecule has 6 heteroatoms. The van der Waals surface area contributed by atoms with Crippen LogP contribution in [0.25, 0.3) is 0 Å². The van der Waals surface area contributed by atoms with Gasteiger partial charge in [0, 0.05) is 32.5 Å². The average Bonchev–Trinajstić information content (AvgIpc) is 2.51. The van der Waals surface area contributed by atoms with Crippen LogP contribution in [0, 0.1) is 0 Å². The third-order valence-corrected chi connectivity index (χ3v) is 3.22. The molecular weight excluding hydrogens is 296 g/mol. The highest BCUT2D eigenvalue weighted by molar-refractivity contribution is 5.88. The summed E-state index contributed by atoms with van der Waals surface area (Å²) in [6.07, 6.45) is 4.28. The number of amides is 2. The van der Waals surface area contributed by atoms with Gasteiger partial charge in [0.25, 0.3) is 0 Å². The Balaban J connectivity index is 2.18. The maximum absolute atomic E-state index is 11.7. The van der Waals surface area contributed by atoms with Gasteiger partial charge in [-0.3, -0.25) is 14.4 Å². The van der Waals surface area contributed by atoms with Crippen molar-refractivity contribution in [1.82, 2.24) is 5.32 Å². The van der Waals surface area contributed by atoms with Crippen LogP contribution in [0.1, 0.15) is 45.4 Å². The summed E-state index contributed by atoms with van der Waals surface area (Å²) in [4.78, 5) is 33.6. The van der Waals surface area contributed by atoms with Crippen molar-refractivity contribution in [2.24, 2.45) is 0 Å². The molecule has 0 bridgehead atoms. The first-order valence-electron chi connectivity index (χ1n) is 7.80. The van der Waals surface area contributed by atoms with Crippen molar-refractivity contribution < 1.29 is 19.1 Å². The number of benzene rings is 1. The van der Waals surface area contributed by atoms with Crippen LogP contribution in [0.15, 0.2) is 24.3 Å². The molecule has 0 aromatic heterocycles. The first kappa shape index (κ1) is 18.7. The van der Waals surface area contributed by atoms with E-state index in [1.807, 2.05) is 0 Å². The zero-order valence-electron chi connectivity index (χ0n) is 13.7. The van der Waals surface area contributed by atoms with E-state index >= 15 is 0 Å². The van der Waals surface area contributed by atoms with E-state index in [1.54, 1.807) is 31.3 Å². The molecular formula is C17H24N2O4. The van der Waals surface area contributed by atoms with E-state index in [-0.39, 0.29) is 17.8 Å². The molecule has 0 spiro atoms. The Morgan fingerprint density at radius 3 is 2.13 bits per heavy atom. The van der Waals surface area contributed by atoms with E-state index in [0.717, 1.165) is 25.7 Å². The minimum atomic E-state index is -0.274. The van der Waals surface area contributed by atoms with Crippen molar-refractivity contribution in [3.8, 4) is 5.75 Å². The van der Waals surface area contributed by atoms with Crippen molar-refractivity contribution in [2.75, 3.05) is 12.4 Å². The van der Waals surface area contributed by atoms with Gasteiger partial charge in [-0.05, 0) is 37.1 Å². The number of ether oxygens (including phenoxy) is 1. The number of hydrogen-bond donors (Lipinski definition) is 2. The number of hydrogen-bond acceptors (Lipinski definition) is 4. The minimum absolute atomic E-state index is 0.0483. The van der Waals surface area contributed by atoms with Gasteiger partial charge in [-0.15, -0.1) is 0 Å². The maximum atomic E-state index is 11.7. The molecule has 2 amide bonds. The molecule has 6 nitrogen and oxygen atoms in total. The van der Waals surface area contributed by atoms with Gasteiger partial charge in [0.05, 0.1) is 0 Å². The number of nitrogens with one attached hydrogen (secondary N) is 2. The Hall–Kier alpha value is -2.37. The van der Waals surface area contributed by atoms with Crippen molar-refractivity contribution in [3.63, 3.8) is 0 Å². The molecule has 0 saturated carbocycles. The van der Waals surface area contributed by atoms with Crippen molar-refractivity contribution >= 4 is 23.5 Å². The molecule has 0 unspecified atom stereocenters. The zero-order valence-corrected chi connectivity index (χ0v) is 13.7. The summed E-state index contributed by atoms with van der Waals surface area (Å²) in [6, 6.07) is 6.66. The van der Waals surface area contributed by atoms with Gasteiger partial charge in [0.1, 0.15) is 5.75 Å². The van der Waals surface area contributed by atoms with Crippen molar-refractivity contribution in [2.45, 2.75) is 45.4 Å². The largest absolute Gasteiger partial charge is 0.427 e. The topological polar surface area (TPSA) is 84.5 Å². The normalized spacial score (nSPS) is 10.0. The second-order valence-electron chi connectivity index (χ2n) is 5.27. The summed E-state index contributed by atoms with van der Waals surface area (Å²) in [7, 11) is 1.63.